The predicted molar refractivity (Wildman–Crippen MR) is 123 cm³/mol. The van der Waals surface area contributed by atoms with E-state index in [1.807, 2.05) is 79.7 Å². The molecule has 1 aliphatic rings. The molecule has 154 valence electrons. The number of aldehydes is 1. The lowest BCUT2D eigenvalue weighted by atomic mass is 9.82. The third kappa shape index (κ3) is 3.13. The van der Waals surface area contributed by atoms with Crippen LogP contribution in [0.5, 0.6) is 0 Å². The second kappa shape index (κ2) is 7.36. The highest BCUT2D eigenvalue weighted by Gasteiger charge is 2.32. The lowest BCUT2D eigenvalue weighted by Gasteiger charge is -2.24. The fraction of sp³-hybridized carbons (Fsp3) is 0.115. The summed E-state index contributed by atoms with van der Waals surface area (Å²) in [6, 6.07) is 24.2. The Hall–Kier alpha value is -3.44. The number of benzene rings is 3. The molecule has 4 nitrogen and oxygen atoms in total. The number of nitrogens with zero attached hydrogens (tertiary/aromatic N) is 1. The van der Waals surface area contributed by atoms with Gasteiger partial charge in [0.1, 0.15) is 6.29 Å². The van der Waals surface area contributed by atoms with Crippen molar-refractivity contribution in [1.29, 1.82) is 0 Å². The third-order valence-electron chi connectivity index (χ3n) is 5.98. The molecule has 1 aromatic heterocycles. The van der Waals surface area contributed by atoms with E-state index < -0.39 is 10.0 Å². The van der Waals surface area contributed by atoms with Crippen LogP contribution in [0.1, 0.15) is 28.3 Å². The number of carbonyl (C=O) groups excluding carboxylic acids is 1. The molecular formula is C26H21NO3S. The van der Waals surface area contributed by atoms with Crippen LogP contribution in [0.3, 0.4) is 0 Å². The molecule has 1 heterocycles. The van der Waals surface area contributed by atoms with E-state index in [2.05, 4.69) is 0 Å². The summed E-state index contributed by atoms with van der Waals surface area (Å²) in [6.07, 6.45) is 3.18. The van der Waals surface area contributed by atoms with Gasteiger partial charge in [0.2, 0.25) is 0 Å². The zero-order valence-corrected chi connectivity index (χ0v) is 17.8. The SMILES string of the molecule is Cc1ccc(S(=O)(=O)n2c3c(c4ccccc42)C=C(C=O)[C@@H](c2ccccc2)C3)cc1. The van der Waals surface area contributed by atoms with E-state index >= 15 is 0 Å². The fourth-order valence-electron chi connectivity index (χ4n) is 4.42. The van der Waals surface area contributed by atoms with Crippen LogP contribution < -0.4 is 0 Å². The lowest BCUT2D eigenvalue weighted by molar-refractivity contribution is -0.105. The van der Waals surface area contributed by atoms with Crippen molar-refractivity contribution in [3.8, 4) is 0 Å². The summed E-state index contributed by atoms with van der Waals surface area (Å²) in [5, 5.41) is 0.832. The second-order valence-corrected chi connectivity index (χ2v) is 9.68. The van der Waals surface area contributed by atoms with Crippen LogP contribution in [0.2, 0.25) is 0 Å². The number of hydrogen-bond donors (Lipinski definition) is 0. The molecule has 0 saturated heterocycles. The van der Waals surface area contributed by atoms with E-state index in [1.165, 1.54) is 3.97 Å². The van der Waals surface area contributed by atoms with Crippen molar-refractivity contribution < 1.29 is 13.2 Å². The average molecular weight is 428 g/mol. The largest absolute Gasteiger partial charge is 0.298 e. The summed E-state index contributed by atoms with van der Waals surface area (Å²) in [4.78, 5) is 12.2. The molecule has 0 bridgehead atoms. The van der Waals surface area contributed by atoms with Crippen molar-refractivity contribution in [3.63, 3.8) is 0 Å². The maximum Gasteiger partial charge on any atom is 0.268 e. The minimum absolute atomic E-state index is 0.192. The van der Waals surface area contributed by atoms with Crippen molar-refractivity contribution in [2.24, 2.45) is 0 Å². The minimum atomic E-state index is -3.81. The molecule has 0 N–H and O–H groups in total. The summed E-state index contributed by atoms with van der Waals surface area (Å²) < 4.78 is 29.0. The molecule has 0 saturated carbocycles. The van der Waals surface area contributed by atoms with Crippen LogP contribution in [0.25, 0.3) is 17.0 Å². The zero-order chi connectivity index (χ0) is 21.6. The highest BCUT2D eigenvalue weighted by molar-refractivity contribution is 7.90. The van der Waals surface area contributed by atoms with Crippen molar-refractivity contribution in [2.75, 3.05) is 0 Å². The summed E-state index contributed by atoms with van der Waals surface area (Å²) in [5.41, 5.74) is 4.80. The van der Waals surface area contributed by atoms with Gasteiger partial charge in [-0.15, -0.1) is 0 Å². The molecule has 4 aromatic rings. The minimum Gasteiger partial charge on any atom is -0.298 e. The Balaban J connectivity index is 1.79. The Bertz CT molecular complexity index is 1430. The zero-order valence-electron chi connectivity index (χ0n) is 17.0. The standard InChI is InChI=1S/C26H21NO3S/c1-18-11-13-21(14-12-18)31(29,30)27-25-10-6-5-9-22(25)24-15-20(17-28)23(16-26(24)27)19-7-3-2-4-8-19/h2-15,17,23H,16H2,1H3/t23-/m1/s1. The summed E-state index contributed by atoms with van der Waals surface area (Å²) >= 11 is 0. The van der Waals surface area contributed by atoms with E-state index in [0.29, 0.717) is 23.2 Å². The van der Waals surface area contributed by atoms with Crippen molar-refractivity contribution in [3.05, 3.63) is 107 Å². The molecule has 5 heteroatoms. The molecule has 31 heavy (non-hydrogen) atoms. The first-order valence-corrected chi connectivity index (χ1v) is 11.6. The fourth-order valence-corrected chi connectivity index (χ4v) is 6.00. The molecule has 3 aromatic carbocycles. The maximum atomic E-state index is 13.8. The first-order chi connectivity index (χ1) is 15.0. The average Bonchev–Trinajstić information content (AvgIpc) is 3.13. The van der Waals surface area contributed by atoms with Gasteiger partial charge in [-0.05, 0) is 36.8 Å². The van der Waals surface area contributed by atoms with Crippen LogP contribution in [0.15, 0.2) is 89.3 Å². The number of allylic oxidation sites excluding steroid dienone is 1. The lowest BCUT2D eigenvalue weighted by Crippen LogP contribution is -2.20. The Morgan fingerprint density at radius 1 is 0.903 bits per heavy atom. The van der Waals surface area contributed by atoms with Gasteiger partial charge in [0.05, 0.1) is 10.4 Å². The molecule has 0 radical (unpaired) electrons. The smallest absolute Gasteiger partial charge is 0.268 e. The first kappa shape index (κ1) is 19.5. The van der Waals surface area contributed by atoms with Crippen LogP contribution in [0, 0.1) is 6.92 Å². The van der Waals surface area contributed by atoms with Gasteiger partial charge in [-0.3, -0.25) is 4.79 Å². The van der Waals surface area contributed by atoms with E-state index in [-0.39, 0.29) is 10.8 Å². The normalized spacial score (nSPS) is 16.0. The molecule has 0 fully saturated rings. The Labute approximate surface area is 181 Å². The first-order valence-electron chi connectivity index (χ1n) is 10.2. The number of aromatic nitrogens is 1. The number of para-hydroxylation sites is 1. The molecule has 0 spiro atoms. The van der Waals surface area contributed by atoms with Gasteiger partial charge in [0, 0.05) is 34.6 Å². The second-order valence-electron chi connectivity index (χ2n) is 7.89. The quantitative estimate of drug-likeness (QED) is 0.425. The summed E-state index contributed by atoms with van der Waals surface area (Å²) in [6.45, 7) is 1.93. The number of aryl methyl sites for hydroxylation is 1. The number of hydrogen-bond acceptors (Lipinski definition) is 3. The van der Waals surface area contributed by atoms with E-state index in [1.54, 1.807) is 12.1 Å². The van der Waals surface area contributed by atoms with Gasteiger partial charge in [0.15, 0.2) is 0 Å². The van der Waals surface area contributed by atoms with Crippen LogP contribution in [-0.2, 0) is 21.2 Å². The molecular weight excluding hydrogens is 406 g/mol. The highest BCUT2D eigenvalue weighted by Crippen LogP contribution is 2.41. The van der Waals surface area contributed by atoms with Gasteiger partial charge < -0.3 is 0 Å². The van der Waals surface area contributed by atoms with Crippen molar-refractivity contribution in [2.45, 2.75) is 24.2 Å². The maximum absolute atomic E-state index is 13.8. The van der Waals surface area contributed by atoms with Gasteiger partial charge >= 0.3 is 0 Å². The van der Waals surface area contributed by atoms with Crippen molar-refractivity contribution in [1.82, 2.24) is 3.97 Å². The van der Waals surface area contributed by atoms with E-state index in [0.717, 1.165) is 28.4 Å². The van der Waals surface area contributed by atoms with Gasteiger partial charge in [-0.25, -0.2) is 12.4 Å². The van der Waals surface area contributed by atoms with Crippen LogP contribution in [0.4, 0.5) is 0 Å². The van der Waals surface area contributed by atoms with Crippen molar-refractivity contribution >= 4 is 33.3 Å². The molecule has 0 amide bonds. The molecule has 1 aliphatic carbocycles. The Kier molecular flexibility index (Phi) is 4.63. The third-order valence-corrected chi connectivity index (χ3v) is 7.74. The molecule has 0 unspecified atom stereocenters. The molecule has 5 rings (SSSR count). The van der Waals surface area contributed by atoms with Gasteiger partial charge in [0.25, 0.3) is 10.0 Å². The molecule has 0 aliphatic heterocycles. The predicted octanol–water partition coefficient (Wildman–Crippen LogP) is 5.11. The van der Waals surface area contributed by atoms with Crippen LogP contribution >= 0.6 is 0 Å². The van der Waals surface area contributed by atoms with Gasteiger partial charge in [-0.2, -0.15) is 0 Å². The number of fused-ring (bicyclic) bond motifs is 3. The summed E-state index contributed by atoms with van der Waals surface area (Å²) in [7, 11) is -3.81. The van der Waals surface area contributed by atoms with E-state index in [4.69, 9.17) is 0 Å². The number of rotatable bonds is 4. The van der Waals surface area contributed by atoms with Crippen LogP contribution in [-0.4, -0.2) is 18.7 Å². The number of carbonyl (C=O) groups is 1. The Morgan fingerprint density at radius 3 is 2.29 bits per heavy atom. The Morgan fingerprint density at radius 2 is 1.58 bits per heavy atom. The highest BCUT2D eigenvalue weighted by atomic mass is 32.2. The van der Waals surface area contributed by atoms with E-state index in [9.17, 15) is 13.2 Å². The van der Waals surface area contributed by atoms with Gasteiger partial charge in [-0.1, -0.05) is 66.2 Å². The molecule has 1 atom stereocenters. The topological polar surface area (TPSA) is 56.1 Å². The summed E-state index contributed by atoms with van der Waals surface area (Å²) in [5.74, 6) is -0.192. The monoisotopic (exact) mass is 427 g/mol.